The number of piperazine rings is 1. The summed E-state index contributed by atoms with van der Waals surface area (Å²) in [6.07, 6.45) is 1.78. The highest BCUT2D eigenvalue weighted by Crippen LogP contribution is 2.25. The minimum atomic E-state index is 0.639. The Balaban J connectivity index is 1.43. The number of aryl methyl sites for hydroxylation is 1. The number of aromatic nitrogens is 2. The number of nitriles is 1. The Labute approximate surface area is 171 Å². The van der Waals surface area contributed by atoms with Crippen molar-refractivity contribution in [1.29, 1.82) is 5.26 Å². The van der Waals surface area contributed by atoms with Gasteiger partial charge in [0.1, 0.15) is 5.82 Å². The smallest absolute Gasteiger partial charge is 0.227 e. The lowest BCUT2D eigenvalue weighted by Gasteiger charge is -2.37. The molecular weight excluding hydrogens is 360 g/mol. The Morgan fingerprint density at radius 3 is 2.38 bits per heavy atom. The van der Waals surface area contributed by atoms with Crippen LogP contribution in [0.3, 0.4) is 0 Å². The number of benzene rings is 2. The first-order chi connectivity index (χ1) is 14.1. The molecule has 6 heteroatoms. The van der Waals surface area contributed by atoms with Crippen LogP contribution in [0.1, 0.15) is 16.7 Å². The van der Waals surface area contributed by atoms with E-state index in [1.54, 1.807) is 18.3 Å². The van der Waals surface area contributed by atoms with E-state index >= 15 is 0 Å². The first kappa shape index (κ1) is 18.8. The lowest BCUT2D eigenvalue weighted by atomic mass is 10.1. The third kappa shape index (κ3) is 4.14. The monoisotopic (exact) mass is 384 g/mol. The number of rotatable bonds is 4. The van der Waals surface area contributed by atoms with Gasteiger partial charge in [-0.15, -0.1) is 0 Å². The zero-order chi connectivity index (χ0) is 20.2. The van der Waals surface area contributed by atoms with E-state index in [4.69, 9.17) is 5.26 Å². The summed E-state index contributed by atoms with van der Waals surface area (Å²) in [4.78, 5) is 13.8. The highest BCUT2D eigenvalue weighted by atomic mass is 15.3. The molecule has 1 saturated heterocycles. The fraction of sp³-hybridized carbons (Fsp3) is 0.261. The molecule has 1 aliphatic heterocycles. The van der Waals surface area contributed by atoms with Crippen molar-refractivity contribution in [3.63, 3.8) is 0 Å². The maximum Gasteiger partial charge on any atom is 0.227 e. The molecule has 1 N–H and O–H groups in total. The maximum absolute atomic E-state index is 8.92. The predicted molar refractivity (Wildman–Crippen MR) is 117 cm³/mol. The molecule has 0 spiro atoms. The second kappa shape index (κ2) is 8.19. The summed E-state index contributed by atoms with van der Waals surface area (Å²) >= 11 is 0. The van der Waals surface area contributed by atoms with Crippen molar-refractivity contribution in [3.8, 4) is 6.07 Å². The van der Waals surface area contributed by atoms with E-state index in [1.165, 1.54) is 16.8 Å². The average molecular weight is 384 g/mol. The van der Waals surface area contributed by atoms with Gasteiger partial charge in [-0.1, -0.05) is 12.1 Å². The van der Waals surface area contributed by atoms with Crippen molar-refractivity contribution in [3.05, 3.63) is 71.4 Å². The fourth-order valence-corrected chi connectivity index (χ4v) is 3.57. The second-order valence-electron chi connectivity index (χ2n) is 7.25. The van der Waals surface area contributed by atoms with E-state index in [0.717, 1.165) is 43.6 Å². The summed E-state index contributed by atoms with van der Waals surface area (Å²) in [5, 5.41) is 12.2. The Kier molecular flexibility index (Phi) is 5.30. The molecule has 0 radical (unpaired) electrons. The van der Waals surface area contributed by atoms with E-state index in [9.17, 15) is 0 Å². The summed E-state index contributed by atoms with van der Waals surface area (Å²) in [7, 11) is 0. The predicted octanol–water partition coefficient (Wildman–Crippen LogP) is 4.04. The van der Waals surface area contributed by atoms with E-state index in [0.29, 0.717) is 5.56 Å². The second-order valence-corrected chi connectivity index (χ2v) is 7.25. The molecule has 1 fully saturated rings. The lowest BCUT2D eigenvalue weighted by molar-refractivity contribution is 0.639. The summed E-state index contributed by atoms with van der Waals surface area (Å²) in [6, 6.07) is 17.8. The highest BCUT2D eigenvalue weighted by Gasteiger charge is 2.20. The number of hydrogen-bond acceptors (Lipinski definition) is 6. The van der Waals surface area contributed by atoms with Crippen molar-refractivity contribution < 1.29 is 0 Å². The molecule has 146 valence electrons. The van der Waals surface area contributed by atoms with E-state index in [1.807, 2.05) is 18.2 Å². The molecule has 2 aromatic carbocycles. The molecule has 0 unspecified atom stereocenters. The third-order valence-electron chi connectivity index (χ3n) is 5.41. The lowest BCUT2D eigenvalue weighted by Crippen LogP contribution is -2.47. The van der Waals surface area contributed by atoms with Gasteiger partial charge in [-0.3, -0.25) is 0 Å². The topological polar surface area (TPSA) is 68.1 Å². The van der Waals surface area contributed by atoms with Gasteiger partial charge in [-0.2, -0.15) is 10.2 Å². The molecule has 6 nitrogen and oxygen atoms in total. The molecule has 0 bridgehead atoms. The number of anilines is 4. The zero-order valence-electron chi connectivity index (χ0n) is 16.8. The molecule has 0 amide bonds. The largest absolute Gasteiger partial charge is 0.368 e. The fourth-order valence-electron chi connectivity index (χ4n) is 3.57. The standard InChI is InChI=1S/C23H24N6/c1-17-4-3-5-21(18(17)2)28-12-14-29(15-13-28)23-25-11-10-22(27-23)26-20-8-6-19(16-24)7-9-20/h3-11H,12-15H2,1-2H3,(H,25,26,27). The van der Waals surface area contributed by atoms with Crippen LogP contribution < -0.4 is 15.1 Å². The molecule has 2 heterocycles. The summed E-state index contributed by atoms with van der Waals surface area (Å²) in [5.41, 5.74) is 5.54. The van der Waals surface area contributed by atoms with Crippen molar-refractivity contribution in [2.45, 2.75) is 13.8 Å². The SMILES string of the molecule is Cc1cccc(N2CCN(c3nccc(Nc4ccc(C#N)cc4)n3)CC2)c1C. The summed E-state index contributed by atoms with van der Waals surface area (Å²) < 4.78 is 0. The van der Waals surface area contributed by atoms with Crippen LogP contribution in [-0.2, 0) is 0 Å². The van der Waals surface area contributed by atoms with Crippen molar-refractivity contribution in [2.24, 2.45) is 0 Å². The summed E-state index contributed by atoms with van der Waals surface area (Å²) in [6.45, 7) is 8.01. The van der Waals surface area contributed by atoms with Crippen LogP contribution in [0.15, 0.2) is 54.7 Å². The Morgan fingerprint density at radius 1 is 0.931 bits per heavy atom. The zero-order valence-corrected chi connectivity index (χ0v) is 16.8. The van der Waals surface area contributed by atoms with E-state index in [2.05, 4.69) is 63.2 Å². The Hall–Kier alpha value is -3.59. The first-order valence-electron chi connectivity index (χ1n) is 9.80. The van der Waals surface area contributed by atoms with Gasteiger partial charge in [0.2, 0.25) is 5.95 Å². The third-order valence-corrected chi connectivity index (χ3v) is 5.41. The van der Waals surface area contributed by atoms with Gasteiger partial charge in [0.05, 0.1) is 11.6 Å². The van der Waals surface area contributed by atoms with Crippen LogP contribution in [0.4, 0.5) is 23.1 Å². The van der Waals surface area contributed by atoms with Gasteiger partial charge in [-0.25, -0.2) is 4.98 Å². The van der Waals surface area contributed by atoms with Gasteiger partial charge >= 0.3 is 0 Å². The van der Waals surface area contributed by atoms with Gasteiger partial charge in [0.25, 0.3) is 0 Å². The minimum Gasteiger partial charge on any atom is -0.368 e. The van der Waals surface area contributed by atoms with Crippen LogP contribution in [0.25, 0.3) is 0 Å². The molecule has 0 aliphatic carbocycles. The molecule has 1 aliphatic rings. The molecule has 4 rings (SSSR count). The van der Waals surface area contributed by atoms with Gasteiger partial charge < -0.3 is 15.1 Å². The van der Waals surface area contributed by atoms with E-state index < -0.39 is 0 Å². The van der Waals surface area contributed by atoms with Gasteiger partial charge in [-0.05, 0) is 61.4 Å². The normalized spacial score (nSPS) is 13.8. The van der Waals surface area contributed by atoms with Crippen molar-refractivity contribution in [2.75, 3.05) is 41.3 Å². The maximum atomic E-state index is 8.92. The highest BCUT2D eigenvalue weighted by molar-refractivity contribution is 5.59. The van der Waals surface area contributed by atoms with Crippen LogP contribution >= 0.6 is 0 Å². The Bertz CT molecular complexity index is 1030. The molecular formula is C23H24N6. The first-order valence-corrected chi connectivity index (χ1v) is 9.80. The van der Waals surface area contributed by atoms with E-state index in [-0.39, 0.29) is 0 Å². The molecule has 3 aromatic rings. The van der Waals surface area contributed by atoms with Gasteiger partial charge in [0.15, 0.2) is 0 Å². The van der Waals surface area contributed by atoms with Crippen LogP contribution in [0, 0.1) is 25.2 Å². The molecule has 0 atom stereocenters. The van der Waals surface area contributed by atoms with Crippen LogP contribution in [0.5, 0.6) is 0 Å². The number of nitrogens with one attached hydrogen (secondary N) is 1. The van der Waals surface area contributed by atoms with Crippen LogP contribution in [-0.4, -0.2) is 36.1 Å². The quantitative estimate of drug-likeness (QED) is 0.732. The minimum absolute atomic E-state index is 0.639. The number of hydrogen-bond donors (Lipinski definition) is 1. The van der Waals surface area contributed by atoms with Gasteiger partial charge in [0, 0.05) is 43.8 Å². The number of nitrogens with zero attached hydrogens (tertiary/aromatic N) is 5. The Morgan fingerprint density at radius 2 is 1.66 bits per heavy atom. The summed E-state index contributed by atoms with van der Waals surface area (Å²) in [5.74, 6) is 1.49. The van der Waals surface area contributed by atoms with Crippen molar-refractivity contribution >= 4 is 23.1 Å². The molecule has 0 saturated carbocycles. The molecule has 29 heavy (non-hydrogen) atoms. The van der Waals surface area contributed by atoms with Crippen LogP contribution in [0.2, 0.25) is 0 Å². The van der Waals surface area contributed by atoms with Crippen molar-refractivity contribution in [1.82, 2.24) is 9.97 Å². The molecule has 1 aromatic heterocycles. The average Bonchev–Trinajstić information content (AvgIpc) is 2.77.